The van der Waals surface area contributed by atoms with Crippen LogP contribution in [0.5, 0.6) is 0 Å². The number of pyridine rings is 1. The summed E-state index contributed by atoms with van der Waals surface area (Å²) in [6.45, 7) is 0.989. The molecule has 3 heterocycles. The zero-order chi connectivity index (χ0) is 14.4. The predicted octanol–water partition coefficient (Wildman–Crippen LogP) is 3.26. The van der Waals surface area contributed by atoms with E-state index in [1.54, 1.807) is 18.5 Å². The van der Waals surface area contributed by atoms with Gasteiger partial charge in [-0.1, -0.05) is 12.2 Å². The van der Waals surface area contributed by atoms with Gasteiger partial charge >= 0.3 is 0 Å². The molecule has 0 bridgehead atoms. The Bertz CT molecular complexity index is 804. The second-order valence-electron chi connectivity index (χ2n) is 5.47. The zero-order valence-electron chi connectivity index (χ0n) is 11.5. The first-order valence-electron chi connectivity index (χ1n) is 7.08. The highest BCUT2D eigenvalue weighted by atomic mass is 32.1. The van der Waals surface area contributed by atoms with Gasteiger partial charge in [-0.3, -0.25) is 4.98 Å². The standard InChI is InChI=1S/C17H13N3S/c18-9-13-3-5-19-10-15(13)14-7-11-1-2-16(21)20-6-4-12(8-14)17(11)20/h3,5,7-8,10H,1-2,4,6H2. The minimum absolute atomic E-state index is 0.679. The molecule has 1 aromatic heterocycles. The van der Waals surface area contributed by atoms with Gasteiger partial charge in [0.15, 0.2) is 0 Å². The van der Waals surface area contributed by atoms with E-state index in [-0.39, 0.29) is 0 Å². The fourth-order valence-electron chi connectivity index (χ4n) is 3.34. The number of anilines is 1. The van der Waals surface area contributed by atoms with Crippen molar-refractivity contribution in [2.75, 3.05) is 11.4 Å². The Balaban J connectivity index is 1.91. The molecule has 0 saturated carbocycles. The third-order valence-corrected chi connectivity index (χ3v) is 4.73. The van der Waals surface area contributed by atoms with Gasteiger partial charge < -0.3 is 4.90 Å². The average Bonchev–Trinajstić information content (AvgIpc) is 2.96. The van der Waals surface area contributed by atoms with Gasteiger partial charge in [-0.15, -0.1) is 0 Å². The lowest BCUT2D eigenvalue weighted by molar-refractivity contribution is 0.943. The molecule has 0 fully saturated rings. The van der Waals surface area contributed by atoms with Crippen molar-refractivity contribution in [3.8, 4) is 17.2 Å². The Morgan fingerprint density at radius 3 is 2.81 bits per heavy atom. The minimum atomic E-state index is 0.679. The van der Waals surface area contributed by atoms with E-state index in [2.05, 4.69) is 28.1 Å². The van der Waals surface area contributed by atoms with Crippen LogP contribution in [0, 0.1) is 11.3 Å². The molecule has 3 nitrogen and oxygen atoms in total. The quantitative estimate of drug-likeness (QED) is 0.756. The lowest BCUT2D eigenvalue weighted by Gasteiger charge is -2.28. The number of thiocarbonyl (C=S) groups is 1. The van der Waals surface area contributed by atoms with E-state index in [0.29, 0.717) is 5.56 Å². The first-order valence-corrected chi connectivity index (χ1v) is 7.49. The molecule has 0 amide bonds. The summed E-state index contributed by atoms with van der Waals surface area (Å²) in [4.78, 5) is 7.52. The SMILES string of the molecule is N#Cc1ccncc1-c1cc2c3c(c1)CCN3C(=S)CC2. The summed E-state index contributed by atoms with van der Waals surface area (Å²) in [6, 6.07) is 8.44. The van der Waals surface area contributed by atoms with Crippen molar-refractivity contribution in [2.24, 2.45) is 0 Å². The molecule has 102 valence electrons. The van der Waals surface area contributed by atoms with Crippen LogP contribution in [-0.4, -0.2) is 16.5 Å². The molecule has 4 rings (SSSR count). The summed E-state index contributed by atoms with van der Waals surface area (Å²) in [5, 5.41) is 9.28. The monoisotopic (exact) mass is 291 g/mol. The number of nitrogens with zero attached hydrogens (tertiary/aromatic N) is 3. The molecule has 0 atom stereocenters. The Hall–Kier alpha value is -2.25. The van der Waals surface area contributed by atoms with Crippen molar-refractivity contribution < 1.29 is 0 Å². The number of aromatic nitrogens is 1. The molecule has 0 unspecified atom stereocenters. The van der Waals surface area contributed by atoms with E-state index in [1.807, 2.05) is 0 Å². The largest absolute Gasteiger partial charge is 0.335 e. The van der Waals surface area contributed by atoms with Crippen molar-refractivity contribution in [1.82, 2.24) is 4.98 Å². The van der Waals surface area contributed by atoms with Gasteiger partial charge in [-0.05, 0) is 47.7 Å². The van der Waals surface area contributed by atoms with Crippen LogP contribution in [0.4, 0.5) is 5.69 Å². The van der Waals surface area contributed by atoms with Crippen LogP contribution in [0.25, 0.3) is 11.1 Å². The summed E-state index contributed by atoms with van der Waals surface area (Å²) < 4.78 is 0. The maximum absolute atomic E-state index is 9.28. The number of nitriles is 1. The molecule has 0 aliphatic carbocycles. The molecule has 0 radical (unpaired) electrons. The van der Waals surface area contributed by atoms with Crippen molar-refractivity contribution in [3.05, 3.63) is 47.3 Å². The highest BCUT2D eigenvalue weighted by Crippen LogP contribution is 2.40. The Kier molecular flexibility index (Phi) is 2.76. The number of hydrogen-bond donors (Lipinski definition) is 0. The predicted molar refractivity (Wildman–Crippen MR) is 86.4 cm³/mol. The van der Waals surface area contributed by atoms with Crippen LogP contribution in [0.15, 0.2) is 30.6 Å². The van der Waals surface area contributed by atoms with E-state index in [0.717, 1.165) is 41.9 Å². The molecular formula is C17H13N3S. The van der Waals surface area contributed by atoms with Crippen LogP contribution in [0.3, 0.4) is 0 Å². The Morgan fingerprint density at radius 2 is 2.00 bits per heavy atom. The van der Waals surface area contributed by atoms with Gasteiger partial charge in [-0.2, -0.15) is 5.26 Å². The van der Waals surface area contributed by atoms with Crippen LogP contribution >= 0.6 is 12.2 Å². The van der Waals surface area contributed by atoms with Gasteiger partial charge in [0.1, 0.15) is 0 Å². The van der Waals surface area contributed by atoms with Crippen molar-refractivity contribution in [1.29, 1.82) is 5.26 Å². The van der Waals surface area contributed by atoms with Crippen molar-refractivity contribution in [3.63, 3.8) is 0 Å². The minimum Gasteiger partial charge on any atom is -0.335 e. The average molecular weight is 291 g/mol. The van der Waals surface area contributed by atoms with E-state index >= 15 is 0 Å². The van der Waals surface area contributed by atoms with Gasteiger partial charge in [0.05, 0.1) is 16.6 Å². The smallest absolute Gasteiger partial charge is 0.0999 e. The Morgan fingerprint density at radius 1 is 1.19 bits per heavy atom. The lowest BCUT2D eigenvalue weighted by Crippen LogP contribution is -2.31. The van der Waals surface area contributed by atoms with Crippen LogP contribution in [0.2, 0.25) is 0 Å². The summed E-state index contributed by atoms with van der Waals surface area (Å²) in [7, 11) is 0. The highest BCUT2D eigenvalue weighted by Gasteiger charge is 2.29. The second kappa shape index (κ2) is 4.64. The Labute approximate surface area is 128 Å². The van der Waals surface area contributed by atoms with Crippen LogP contribution in [0.1, 0.15) is 23.1 Å². The summed E-state index contributed by atoms with van der Waals surface area (Å²) in [6.07, 6.45) is 6.42. The van der Waals surface area contributed by atoms with Crippen molar-refractivity contribution >= 4 is 22.9 Å². The number of rotatable bonds is 1. The maximum Gasteiger partial charge on any atom is 0.0999 e. The maximum atomic E-state index is 9.28. The molecule has 0 saturated heterocycles. The molecule has 1 aromatic carbocycles. The van der Waals surface area contributed by atoms with E-state index in [1.165, 1.54) is 16.8 Å². The highest BCUT2D eigenvalue weighted by molar-refractivity contribution is 7.80. The first-order chi connectivity index (χ1) is 10.3. The van der Waals surface area contributed by atoms with Gasteiger partial charge in [-0.25, -0.2) is 0 Å². The normalized spacial score (nSPS) is 15.8. The van der Waals surface area contributed by atoms with Crippen molar-refractivity contribution in [2.45, 2.75) is 19.3 Å². The van der Waals surface area contributed by atoms with Crippen LogP contribution in [-0.2, 0) is 12.8 Å². The van der Waals surface area contributed by atoms with Gasteiger partial charge in [0.25, 0.3) is 0 Å². The van der Waals surface area contributed by atoms with Gasteiger partial charge in [0.2, 0.25) is 0 Å². The zero-order valence-corrected chi connectivity index (χ0v) is 12.3. The van der Waals surface area contributed by atoms with Crippen LogP contribution < -0.4 is 4.90 Å². The number of hydrogen-bond acceptors (Lipinski definition) is 3. The van der Waals surface area contributed by atoms with E-state index < -0.39 is 0 Å². The molecule has 2 aliphatic heterocycles. The molecule has 0 spiro atoms. The van der Waals surface area contributed by atoms with E-state index in [9.17, 15) is 5.26 Å². The molecular weight excluding hydrogens is 278 g/mol. The van der Waals surface area contributed by atoms with E-state index in [4.69, 9.17) is 12.2 Å². The third-order valence-electron chi connectivity index (χ3n) is 4.30. The second-order valence-corrected chi connectivity index (χ2v) is 5.94. The summed E-state index contributed by atoms with van der Waals surface area (Å²) in [5.41, 5.74) is 6.71. The molecule has 4 heteroatoms. The molecule has 2 aliphatic rings. The number of aryl methyl sites for hydroxylation is 1. The summed E-state index contributed by atoms with van der Waals surface area (Å²) in [5.74, 6) is 0. The topological polar surface area (TPSA) is 39.9 Å². The molecule has 21 heavy (non-hydrogen) atoms. The summed E-state index contributed by atoms with van der Waals surface area (Å²) >= 11 is 5.47. The van der Waals surface area contributed by atoms with Gasteiger partial charge in [0, 0.05) is 36.6 Å². The third kappa shape index (κ3) is 1.85. The fourth-order valence-corrected chi connectivity index (χ4v) is 3.62. The lowest BCUT2D eigenvalue weighted by atomic mass is 9.93. The number of benzene rings is 1. The molecule has 2 aromatic rings. The molecule has 0 N–H and O–H groups in total. The first kappa shape index (κ1) is 12.5. The fraction of sp³-hybridized carbons (Fsp3) is 0.235.